The average molecular weight is 445 g/mol. The summed E-state index contributed by atoms with van der Waals surface area (Å²) in [4.78, 5) is 28.0. The van der Waals surface area contributed by atoms with E-state index in [4.69, 9.17) is 4.74 Å². The number of carbonyl (C=O) groups is 2. The maximum atomic E-state index is 13.4. The van der Waals surface area contributed by atoms with E-state index in [1.54, 1.807) is 11.9 Å². The number of carbonyl (C=O) groups excluding carboxylic acids is 2. The third-order valence-electron chi connectivity index (χ3n) is 5.51. The van der Waals surface area contributed by atoms with Crippen molar-refractivity contribution in [3.8, 4) is 5.75 Å². The molecule has 33 heavy (non-hydrogen) atoms. The van der Waals surface area contributed by atoms with Crippen LogP contribution in [0.5, 0.6) is 5.75 Å². The molecule has 1 unspecified atom stereocenters. The van der Waals surface area contributed by atoms with Gasteiger partial charge < -0.3 is 15.0 Å². The fraction of sp³-hybridized carbons (Fsp3) is 0.286. The lowest BCUT2D eigenvalue weighted by Gasteiger charge is -2.31. The first-order valence-electron chi connectivity index (χ1n) is 11.2. The van der Waals surface area contributed by atoms with Gasteiger partial charge in [0.05, 0.1) is 0 Å². The number of hydrogen-bond donors (Lipinski definition) is 1. The molecule has 2 amide bonds. The summed E-state index contributed by atoms with van der Waals surface area (Å²) in [6.07, 6.45) is 0.418. The van der Waals surface area contributed by atoms with Gasteiger partial charge in [-0.1, -0.05) is 66.2 Å². The molecule has 0 saturated heterocycles. The lowest BCUT2D eigenvalue weighted by molar-refractivity contribution is -0.142. The fourth-order valence-electron chi connectivity index (χ4n) is 3.97. The van der Waals surface area contributed by atoms with Crippen LogP contribution in [0.2, 0.25) is 0 Å². The Bertz CT molecular complexity index is 1080. The Labute approximate surface area is 196 Å². The van der Waals surface area contributed by atoms with Crippen LogP contribution in [0.4, 0.5) is 0 Å². The summed E-state index contributed by atoms with van der Waals surface area (Å²) in [5, 5.41) is 2.73. The van der Waals surface area contributed by atoms with E-state index in [1.165, 1.54) is 0 Å². The van der Waals surface area contributed by atoms with E-state index in [2.05, 4.69) is 11.4 Å². The van der Waals surface area contributed by atoms with Gasteiger partial charge in [-0.2, -0.15) is 0 Å². The van der Waals surface area contributed by atoms with Crippen molar-refractivity contribution in [1.29, 1.82) is 0 Å². The van der Waals surface area contributed by atoms with Crippen LogP contribution >= 0.6 is 0 Å². The van der Waals surface area contributed by atoms with Crippen molar-refractivity contribution in [2.75, 3.05) is 13.7 Å². The monoisotopic (exact) mass is 444 g/mol. The second kappa shape index (κ2) is 11.3. The number of rotatable bonds is 9. The molecule has 0 aliphatic heterocycles. The number of nitrogens with zero attached hydrogens (tertiary/aromatic N) is 1. The van der Waals surface area contributed by atoms with E-state index in [9.17, 15) is 9.59 Å². The van der Waals surface area contributed by atoms with Crippen LogP contribution < -0.4 is 10.1 Å². The molecule has 3 aromatic carbocycles. The van der Waals surface area contributed by atoms with Crippen molar-refractivity contribution in [1.82, 2.24) is 10.2 Å². The van der Waals surface area contributed by atoms with Crippen molar-refractivity contribution in [3.63, 3.8) is 0 Å². The molecule has 0 heterocycles. The Morgan fingerprint density at radius 3 is 2.15 bits per heavy atom. The van der Waals surface area contributed by atoms with Crippen LogP contribution in [-0.2, 0) is 22.6 Å². The molecule has 0 aromatic heterocycles. The Kier molecular flexibility index (Phi) is 8.25. The van der Waals surface area contributed by atoms with Gasteiger partial charge in [0.2, 0.25) is 5.91 Å². The first-order chi connectivity index (χ1) is 15.9. The zero-order valence-corrected chi connectivity index (χ0v) is 19.8. The summed E-state index contributed by atoms with van der Waals surface area (Å²) in [6, 6.07) is 22.9. The van der Waals surface area contributed by atoms with Crippen molar-refractivity contribution in [2.24, 2.45) is 0 Å². The predicted octanol–water partition coefficient (Wildman–Crippen LogP) is 4.38. The van der Waals surface area contributed by atoms with Gasteiger partial charge in [-0.15, -0.1) is 0 Å². The standard InChI is InChI=1S/C28H32N2O3/c1-20-9-8-12-24(14-20)18-30(26(28(32)29-4)17-23-10-6-5-7-11-23)27(31)19-33-25-15-21(2)13-22(3)16-25/h5-16,26H,17-19H2,1-4H3,(H,29,32). The molecule has 5 heteroatoms. The highest BCUT2D eigenvalue weighted by Gasteiger charge is 2.30. The average Bonchev–Trinajstić information content (AvgIpc) is 2.79. The number of amides is 2. The van der Waals surface area contributed by atoms with Crippen molar-refractivity contribution in [3.05, 3.63) is 101 Å². The highest BCUT2D eigenvalue weighted by Crippen LogP contribution is 2.19. The van der Waals surface area contributed by atoms with Crippen LogP contribution in [0.15, 0.2) is 72.8 Å². The third-order valence-corrected chi connectivity index (χ3v) is 5.51. The Hall–Kier alpha value is -3.60. The van der Waals surface area contributed by atoms with Crippen LogP contribution in [0.3, 0.4) is 0 Å². The van der Waals surface area contributed by atoms with Gasteiger partial charge in [-0.3, -0.25) is 9.59 Å². The molecule has 3 aromatic rings. The zero-order chi connectivity index (χ0) is 23.8. The largest absolute Gasteiger partial charge is 0.484 e. The van der Waals surface area contributed by atoms with E-state index in [0.29, 0.717) is 18.7 Å². The lowest BCUT2D eigenvalue weighted by atomic mass is 10.0. The van der Waals surface area contributed by atoms with Crippen molar-refractivity contribution >= 4 is 11.8 Å². The maximum Gasteiger partial charge on any atom is 0.261 e. The Morgan fingerprint density at radius 2 is 1.52 bits per heavy atom. The summed E-state index contributed by atoms with van der Waals surface area (Å²) in [6.45, 7) is 6.18. The summed E-state index contributed by atoms with van der Waals surface area (Å²) in [5.74, 6) is 0.211. The van der Waals surface area contributed by atoms with Gasteiger partial charge in [0, 0.05) is 20.0 Å². The molecule has 0 aliphatic carbocycles. The minimum atomic E-state index is -0.659. The van der Waals surface area contributed by atoms with Gasteiger partial charge in [-0.05, 0) is 55.2 Å². The van der Waals surface area contributed by atoms with Crippen LogP contribution in [0, 0.1) is 20.8 Å². The molecule has 172 valence electrons. The van der Waals surface area contributed by atoms with Crippen molar-refractivity contribution in [2.45, 2.75) is 39.8 Å². The summed E-state index contributed by atoms with van der Waals surface area (Å²) in [5.41, 5.74) is 5.20. The van der Waals surface area contributed by atoms with E-state index in [0.717, 1.165) is 27.8 Å². The number of likely N-dealkylation sites (N-methyl/N-ethyl adjacent to an activating group) is 1. The zero-order valence-electron chi connectivity index (χ0n) is 19.8. The molecule has 0 radical (unpaired) electrons. The Balaban J connectivity index is 1.88. The highest BCUT2D eigenvalue weighted by atomic mass is 16.5. The second-order valence-corrected chi connectivity index (χ2v) is 8.44. The number of benzene rings is 3. The molecular weight excluding hydrogens is 412 g/mol. The van der Waals surface area contributed by atoms with Crippen LogP contribution in [0.25, 0.3) is 0 Å². The smallest absolute Gasteiger partial charge is 0.261 e. The molecule has 3 rings (SSSR count). The molecule has 1 N–H and O–H groups in total. The number of hydrogen-bond acceptors (Lipinski definition) is 3. The van der Waals surface area contributed by atoms with E-state index < -0.39 is 6.04 Å². The minimum Gasteiger partial charge on any atom is -0.484 e. The van der Waals surface area contributed by atoms with Gasteiger partial charge in [0.1, 0.15) is 11.8 Å². The Morgan fingerprint density at radius 1 is 0.848 bits per heavy atom. The highest BCUT2D eigenvalue weighted by molar-refractivity contribution is 5.88. The van der Waals surface area contributed by atoms with E-state index in [1.807, 2.05) is 87.5 Å². The van der Waals surface area contributed by atoms with Gasteiger partial charge in [0.15, 0.2) is 6.61 Å². The SMILES string of the molecule is CNC(=O)C(Cc1ccccc1)N(Cc1cccc(C)c1)C(=O)COc1cc(C)cc(C)c1. The van der Waals surface area contributed by atoms with E-state index in [-0.39, 0.29) is 18.4 Å². The molecule has 0 bridgehead atoms. The molecular formula is C28H32N2O3. The summed E-state index contributed by atoms with van der Waals surface area (Å²) < 4.78 is 5.86. The maximum absolute atomic E-state index is 13.4. The molecule has 0 fully saturated rings. The number of aryl methyl sites for hydroxylation is 3. The van der Waals surface area contributed by atoms with Crippen LogP contribution in [0.1, 0.15) is 27.8 Å². The van der Waals surface area contributed by atoms with Crippen molar-refractivity contribution < 1.29 is 14.3 Å². The quantitative estimate of drug-likeness (QED) is 0.533. The fourth-order valence-corrected chi connectivity index (χ4v) is 3.97. The van der Waals surface area contributed by atoms with Gasteiger partial charge in [0.25, 0.3) is 5.91 Å². The van der Waals surface area contributed by atoms with Gasteiger partial charge >= 0.3 is 0 Å². The lowest BCUT2D eigenvalue weighted by Crippen LogP contribution is -2.51. The minimum absolute atomic E-state index is 0.142. The first-order valence-corrected chi connectivity index (χ1v) is 11.2. The number of ether oxygens (including phenoxy) is 1. The third kappa shape index (κ3) is 6.94. The topological polar surface area (TPSA) is 58.6 Å². The first kappa shape index (κ1) is 24.1. The second-order valence-electron chi connectivity index (χ2n) is 8.44. The van der Waals surface area contributed by atoms with Gasteiger partial charge in [-0.25, -0.2) is 0 Å². The summed E-state index contributed by atoms with van der Waals surface area (Å²) >= 11 is 0. The number of nitrogens with one attached hydrogen (secondary N) is 1. The molecule has 0 spiro atoms. The molecule has 0 aliphatic rings. The van der Waals surface area contributed by atoms with Crippen LogP contribution in [-0.4, -0.2) is 36.4 Å². The normalized spacial score (nSPS) is 11.5. The molecule has 0 saturated carbocycles. The molecule has 5 nitrogen and oxygen atoms in total. The molecule has 1 atom stereocenters. The van der Waals surface area contributed by atoms with E-state index >= 15 is 0 Å². The predicted molar refractivity (Wildman–Crippen MR) is 131 cm³/mol. The summed E-state index contributed by atoms with van der Waals surface area (Å²) in [7, 11) is 1.60.